The highest BCUT2D eigenvalue weighted by molar-refractivity contribution is 5.67. The van der Waals surface area contributed by atoms with Gasteiger partial charge in [0.05, 0.1) is 6.20 Å². The first kappa shape index (κ1) is 12.3. The number of hydrogen-bond donors (Lipinski definition) is 2. The van der Waals surface area contributed by atoms with Gasteiger partial charge in [0.25, 0.3) is 0 Å². The number of carboxylic acids is 1. The predicted molar refractivity (Wildman–Crippen MR) is 67.5 cm³/mol. The Hall–Kier alpha value is -2.11. The van der Waals surface area contributed by atoms with Gasteiger partial charge in [-0.1, -0.05) is 13.3 Å². The van der Waals surface area contributed by atoms with E-state index < -0.39 is 5.97 Å². The van der Waals surface area contributed by atoms with Crippen LogP contribution in [0.4, 0.5) is 5.82 Å². The molecular weight excluding hydrogens is 232 g/mol. The lowest BCUT2D eigenvalue weighted by Crippen LogP contribution is -2.17. The van der Waals surface area contributed by atoms with Crippen LogP contribution in [0.25, 0.3) is 5.65 Å². The van der Waals surface area contributed by atoms with Gasteiger partial charge in [-0.15, -0.1) is 0 Å². The van der Waals surface area contributed by atoms with Gasteiger partial charge in [0.15, 0.2) is 5.65 Å². The molecule has 0 aliphatic carbocycles. The second-order valence-electron chi connectivity index (χ2n) is 4.20. The SMILES string of the molecule is CCC(CNc1ccn2nccc2n1)CC(=O)O. The van der Waals surface area contributed by atoms with E-state index in [-0.39, 0.29) is 12.3 Å². The van der Waals surface area contributed by atoms with Crippen LogP contribution in [0, 0.1) is 5.92 Å². The van der Waals surface area contributed by atoms with Crippen LogP contribution in [0.1, 0.15) is 19.8 Å². The molecule has 6 heteroatoms. The second kappa shape index (κ2) is 5.48. The summed E-state index contributed by atoms with van der Waals surface area (Å²) in [6.07, 6.45) is 4.51. The van der Waals surface area contributed by atoms with Crippen LogP contribution >= 0.6 is 0 Å². The zero-order valence-electron chi connectivity index (χ0n) is 10.2. The Morgan fingerprint density at radius 2 is 2.39 bits per heavy atom. The quantitative estimate of drug-likeness (QED) is 0.812. The average Bonchev–Trinajstić information content (AvgIpc) is 2.81. The van der Waals surface area contributed by atoms with Crippen molar-refractivity contribution in [3.05, 3.63) is 24.5 Å². The Kier molecular flexibility index (Phi) is 3.76. The molecule has 0 radical (unpaired) electrons. The van der Waals surface area contributed by atoms with Gasteiger partial charge < -0.3 is 10.4 Å². The molecule has 0 aliphatic heterocycles. The number of carbonyl (C=O) groups is 1. The molecule has 1 atom stereocenters. The number of anilines is 1. The standard InChI is InChI=1S/C12H16N4O2/c1-2-9(7-12(17)18)8-13-10-4-6-16-11(15-10)3-5-14-16/h3-6,9H,2,7-8H2,1H3,(H,13,15)(H,17,18). The van der Waals surface area contributed by atoms with Crippen molar-refractivity contribution in [2.24, 2.45) is 5.92 Å². The number of nitrogens with zero attached hydrogens (tertiary/aromatic N) is 3. The molecule has 0 aliphatic rings. The number of rotatable bonds is 6. The first-order valence-electron chi connectivity index (χ1n) is 5.95. The summed E-state index contributed by atoms with van der Waals surface area (Å²) < 4.78 is 1.68. The average molecular weight is 248 g/mol. The zero-order valence-corrected chi connectivity index (χ0v) is 10.2. The molecule has 0 fully saturated rings. The third-order valence-electron chi connectivity index (χ3n) is 2.87. The Balaban J connectivity index is 1.97. The van der Waals surface area contributed by atoms with Crippen molar-refractivity contribution in [2.45, 2.75) is 19.8 Å². The van der Waals surface area contributed by atoms with Crippen molar-refractivity contribution in [3.8, 4) is 0 Å². The molecule has 0 aromatic carbocycles. The van der Waals surface area contributed by atoms with Crippen LogP contribution < -0.4 is 5.32 Å². The third-order valence-corrected chi connectivity index (χ3v) is 2.87. The minimum atomic E-state index is -0.761. The van der Waals surface area contributed by atoms with Gasteiger partial charge in [-0.2, -0.15) is 5.10 Å². The minimum Gasteiger partial charge on any atom is -0.481 e. The fourth-order valence-corrected chi connectivity index (χ4v) is 1.77. The molecule has 0 saturated heterocycles. The molecule has 2 heterocycles. The lowest BCUT2D eigenvalue weighted by molar-refractivity contribution is -0.138. The van der Waals surface area contributed by atoms with Crippen molar-refractivity contribution in [1.29, 1.82) is 0 Å². The van der Waals surface area contributed by atoms with Crippen molar-refractivity contribution in [1.82, 2.24) is 14.6 Å². The van der Waals surface area contributed by atoms with E-state index in [2.05, 4.69) is 15.4 Å². The maximum absolute atomic E-state index is 10.7. The molecule has 0 spiro atoms. The highest BCUT2D eigenvalue weighted by Crippen LogP contribution is 2.11. The third kappa shape index (κ3) is 2.97. The summed E-state index contributed by atoms with van der Waals surface area (Å²) in [5.74, 6) is 0.0973. The molecular formula is C12H16N4O2. The molecule has 1 unspecified atom stereocenters. The number of hydrogen-bond acceptors (Lipinski definition) is 4. The van der Waals surface area contributed by atoms with Gasteiger partial charge in [0.1, 0.15) is 5.82 Å². The van der Waals surface area contributed by atoms with Gasteiger partial charge in [-0.05, 0) is 12.0 Å². The second-order valence-corrected chi connectivity index (χ2v) is 4.20. The molecule has 6 nitrogen and oxygen atoms in total. The maximum Gasteiger partial charge on any atom is 0.303 e. The Bertz CT molecular complexity index is 538. The Morgan fingerprint density at radius 3 is 3.11 bits per heavy atom. The van der Waals surface area contributed by atoms with E-state index in [4.69, 9.17) is 5.11 Å². The summed E-state index contributed by atoms with van der Waals surface area (Å²) in [6.45, 7) is 2.60. The molecule has 2 aromatic heterocycles. The minimum absolute atomic E-state index is 0.116. The van der Waals surface area contributed by atoms with Gasteiger partial charge in [0.2, 0.25) is 0 Å². The van der Waals surface area contributed by atoms with Gasteiger partial charge in [0, 0.05) is 25.2 Å². The van der Waals surface area contributed by atoms with Crippen LogP contribution in [-0.2, 0) is 4.79 Å². The topological polar surface area (TPSA) is 79.5 Å². The molecule has 18 heavy (non-hydrogen) atoms. The van der Waals surface area contributed by atoms with Gasteiger partial charge in [-0.3, -0.25) is 4.79 Å². The highest BCUT2D eigenvalue weighted by Gasteiger charge is 2.11. The monoisotopic (exact) mass is 248 g/mol. The zero-order chi connectivity index (χ0) is 13.0. The van der Waals surface area contributed by atoms with E-state index in [1.807, 2.05) is 25.3 Å². The van der Waals surface area contributed by atoms with E-state index in [0.29, 0.717) is 6.54 Å². The Morgan fingerprint density at radius 1 is 1.56 bits per heavy atom. The van der Waals surface area contributed by atoms with Crippen molar-refractivity contribution < 1.29 is 9.90 Å². The first-order chi connectivity index (χ1) is 8.69. The number of carboxylic acid groups (broad SMARTS) is 1. The molecule has 2 aromatic rings. The summed E-state index contributed by atoms with van der Waals surface area (Å²) in [5, 5.41) is 16.0. The van der Waals surface area contributed by atoms with E-state index in [1.54, 1.807) is 10.7 Å². The summed E-state index contributed by atoms with van der Waals surface area (Å²) in [7, 11) is 0. The van der Waals surface area contributed by atoms with Crippen molar-refractivity contribution >= 4 is 17.4 Å². The molecule has 2 N–H and O–H groups in total. The normalized spacial score (nSPS) is 12.5. The predicted octanol–water partition coefficient (Wildman–Crippen LogP) is 1.64. The maximum atomic E-state index is 10.7. The highest BCUT2D eigenvalue weighted by atomic mass is 16.4. The largest absolute Gasteiger partial charge is 0.481 e. The van der Waals surface area contributed by atoms with Crippen LogP contribution in [0.5, 0.6) is 0 Å². The Labute approximate surface area is 105 Å². The fraction of sp³-hybridized carbons (Fsp3) is 0.417. The van der Waals surface area contributed by atoms with E-state index in [1.165, 1.54) is 0 Å². The summed E-state index contributed by atoms with van der Waals surface area (Å²) in [6, 6.07) is 3.65. The smallest absolute Gasteiger partial charge is 0.303 e. The number of fused-ring (bicyclic) bond motifs is 1. The van der Waals surface area contributed by atoms with Crippen LogP contribution in [-0.4, -0.2) is 32.2 Å². The van der Waals surface area contributed by atoms with Crippen molar-refractivity contribution in [3.63, 3.8) is 0 Å². The fourth-order valence-electron chi connectivity index (χ4n) is 1.77. The van der Waals surface area contributed by atoms with Crippen LogP contribution in [0.2, 0.25) is 0 Å². The van der Waals surface area contributed by atoms with E-state index in [9.17, 15) is 4.79 Å². The van der Waals surface area contributed by atoms with Crippen molar-refractivity contribution in [2.75, 3.05) is 11.9 Å². The van der Waals surface area contributed by atoms with Gasteiger partial charge >= 0.3 is 5.97 Å². The van der Waals surface area contributed by atoms with Crippen LogP contribution in [0.15, 0.2) is 24.5 Å². The molecule has 0 bridgehead atoms. The van der Waals surface area contributed by atoms with E-state index >= 15 is 0 Å². The first-order valence-corrected chi connectivity index (χ1v) is 5.95. The lowest BCUT2D eigenvalue weighted by Gasteiger charge is -2.13. The summed E-state index contributed by atoms with van der Waals surface area (Å²) >= 11 is 0. The number of aromatic nitrogens is 3. The van der Waals surface area contributed by atoms with Crippen LogP contribution in [0.3, 0.4) is 0 Å². The lowest BCUT2D eigenvalue weighted by atomic mass is 10.0. The molecule has 96 valence electrons. The molecule has 0 saturated carbocycles. The summed E-state index contributed by atoms with van der Waals surface area (Å²) in [5.41, 5.74) is 0.770. The van der Waals surface area contributed by atoms with Gasteiger partial charge in [-0.25, -0.2) is 9.50 Å². The van der Waals surface area contributed by atoms with E-state index in [0.717, 1.165) is 17.9 Å². The number of aliphatic carboxylic acids is 1. The molecule has 0 amide bonds. The number of nitrogens with one attached hydrogen (secondary N) is 1. The molecule has 2 rings (SSSR count). The summed E-state index contributed by atoms with van der Waals surface area (Å²) in [4.78, 5) is 15.0.